The van der Waals surface area contributed by atoms with Crippen molar-refractivity contribution in [2.24, 2.45) is 0 Å². The van der Waals surface area contributed by atoms with Crippen LogP contribution in [0.15, 0.2) is 53.4 Å². The first kappa shape index (κ1) is 26.0. The number of para-hydroxylation sites is 1. The van der Waals surface area contributed by atoms with Gasteiger partial charge in [0.2, 0.25) is 15.9 Å². The van der Waals surface area contributed by atoms with Crippen LogP contribution < -0.4 is 9.64 Å². The van der Waals surface area contributed by atoms with Crippen LogP contribution in [0.4, 0.5) is 18.9 Å². The normalized spacial score (nSPS) is 17.1. The Labute approximate surface area is 198 Å². The van der Waals surface area contributed by atoms with Crippen LogP contribution in [0.3, 0.4) is 0 Å². The molecule has 0 saturated carbocycles. The zero-order valence-corrected chi connectivity index (χ0v) is 19.9. The molecular formula is C24H29F3N2O4S. The second-order valence-corrected chi connectivity index (χ2v) is 10.2. The molecule has 1 aliphatic heterocycles. The van der Waals surface area contributed by atoms with Gasteiger partial charge in [0.15, 0.2) is 0 Å². The summed E-state index contributed by atoms with van der Waals surface area (Å²) < 4.78 is 70.2. The van der Waals surface area contributed by atoms with E-state index in [0.29, 0.717) is 24.2 Å². The van der Waals surface area contributed by atoms with Crippen LogP contribution in [-0.2, 0) is 21.4 Å². The van der Waals surface area contributed by atoms with E-state index in [9.17, 15) is 26.4 Å². The topological polar surface area (TPSA) is 66.9 Å². The predicted molar refractivity (Wildman–Crippen MR) is 123 cm³/mol. The van der Waals surface area contributed by atoms with Crippen LogP contribution in [0.5, 0.6) is 5.75 Å². The van der Waals surface area contributed by atoms with E-state index in [4.69, 9.17) is 0 Å². The lowest BCUT2D eigenvalue weighted by Crippen LogP contribution is -2.34. The number of hydrogen-bond donors (Lipinski definition) is 0. The minimum Gasteiger partial charge on any atom is -0.406 e. The first-order valence-electron chi connectivity index (χ1n) is 11.3. The molecular weight excluding hydrogens is 469 g/mol. The van der Waals surface area contributed by atoms with E-state index >= 15 is 0 Å². The van der Waals surface area contributed by atoms with E-state index in [0.717, 1.165) is 44.2 Å². The van der Waals surface area contributed by atoms with Crippen LogP contribution in [-0.4, -0.2) is 38.1 Å². The van der Waals surface area contributed by atoms with E-state index in [1.165, 1.54) is 23.4 Å². The smallest absolute Gasteiger partial charge is 0.406 e. The molecule has 0 radical (unpaired) electrons. The summed E-state index contributed by atoms with van der Waals surface area (Å²) in [6.07, 6.45) is 0.274. The highest BCUT2D eigenvalue weighted by Crippen LogP contribution is 2.29. The number of ether oxygens (including phenoxy) is 1. The Balaban J connectivity index is 1.99. The van der Waals surface area contributed by atoms with Crippen LogP contribution in [0.1, 0.15) is 51.0 Å². The predicted octanol–water partition coefficient (Wildman–Crippen LogP) is 5.48. The SMILES string of the molecule is CC(=O)N1CCCCCCCCN(S(=O)(=O)c2cccc(OC(F)(F)F)c2)Cc2ccccc21. The van der Waals surface area contributed by atoms with Gasteiger partial charge in [-0.2, -0.15) is 4.31 Å². The van der Waals surface area contributed by atoms with Gasteiger partial charge in [-0.3, -0.25) is 4.79 Å². The number of sulfonamides is 1. The van der Waals surface area contributed by atoms with Gasteiger partial charge in [0, 0.05) is 38.3 Å². The molecule has 1 heterocycles. The summed E-state index contributed by atoms with van der Waals surface area (Å²) in [6, 6.07) is 11.6. The highest BCUT2D eigenvalue weighted by Gasteiger charge is 2.32. The van der Waals surface area contributed by atoms with Crippen LogP contribution in [0, 0.1) is 0 Å². The van der Waals surface area contributed by atoms with E-state index < -0.39 is 22.1 Å². The van der Waals surface area contributed by atoms with E-state index in [1.54, 1.807) is 29.2 Å². The molecule has 2 aromatic carbocycles. The molecule has 2 aromatic rings. The van der Waals surface area contributed by atoms with Crippen molar-refractivity contribution in [1.29, 1.82) is 0 Å². The van der Waals surface area contributed by atoms with Gasteiger partial charge >= 0.3 is 6.36 Å². The molecule has 34 heavy (non-hydrogen) atoms. The zero-order chi connectivity index (χ0) is 24.8. The number of amides is 1. The largest absolute Gasteiger partial charge is 0.573 e. The maximum atomic E-state index is 13.5. The number of anilines is 1. The Morgan fingerprint density at radius 2 is 1.56 bits per heavy atom. The first-order valence-corrected chi connectivity index (χ1v) is 12.7. The fourth-order valence-electron chi connectivity index (χ4n) is 4.08. The lowest BCUT2D eigenvalue weighted by atomic mass is 10.1. The van der Waals surface area contributed by atoms with Gasteiger partial charge in [-0.1, -0.05) is 49.9 Å². The zero-order valence-electron chi connectivity index (χ0n) is 19.1. The van der Waals surface area contributed by atoms with Crippen molar-refractivity contribution >= 4 is 21.6 Å². The molecule has 186 valence electrons. The van der Waals surface area contributed by atoms with Crippen molar-refractivity contribution < 1.29 is 31.1 Å². The summed E-state index contributed by atoms with van der Waals surface area (Å²) in [5.74, 6) is -0.726. The lowest BCUT2D eigenvalue weighted by Gasteiger charge is -2.27. The Morgan fingerprint density at radius 3 is 2.24 bits per heavy atom. The molecule has 0 aliphatic carbocycles. The molecule has 0 unspecified atom stereocenters. The highest BCUT2D eigenvalue weighted by atomic mass is 32.2. The number of rotatable bonds is 3. The molecule has 0 N–H and O–H groups in total. The maximum Gasteiger partial charge on any atom is 0.573 e. The van der Waals surface area contributed by atoms with Gasteiger partial charge in [-0.25, -0.2) is 8.42 Å². The number of halogens is 3. The van der Waals surface area contributed by atoms with E-state index in [2.05, 4.69) is 4.74 Å². The quantitative estimate of drug-likeness (QED) is 0.562. The summed E-state index contributed by atoms with van der Waals surface area (Å²) in [5, 5.41) is 0. The maximum absolute atomic E-state index is 13.5. The van der Waals surface area contributed by atoms with Gasteiger partial charge in [0.25, 0.3) is 0 Å². The molecule has 6 nitrogen and oxygen atoms in total. The standard InChI is InChI=1S/C24H29F3N2O4S/c1-19(30)29-16-9-5-3-2-4-8-15-28(18-20-11-6-7-14-23(20)29)34(31,32)22-13-10-12-21(17-22)33-24(25,26)27/h6-7,10-14,17H,2-5,8-9,15-16,18H2,1H3. The number of alkyl halides is 3. The number of nitrogens with zero attached hydrogens (tertiary/aromatic N) is 2. The van der Waals surface area contributed by atoms with E-state index in [-0.39, 0.29) is 23.9 Å². The Kier molecular flexibility index (Phi) is 8.59. The van der Waals surface area contributed by atoms with Crippen molar-refractivity contribution in [2.45, 2.75) is 63.3 Å². The fourth-order valence-corrected chi connectivity index (χ4v) is 5.57. The summed E-state index contributed by atoms with van der Waals surface area (Å²) in [4.78, 5) is 13.8. The summed E-state index contributed by atoms with van der Waals surface area (Å²) in [7, 11) is -4.14. The first-order chi connectivity index (χ1) is 16.1. The summed E-state index contributed by atoms with van der Waals surface area (Å²) in [5.41, 5.74) is 1.30. The van der Waals surface area contributed by atoms with Gasteiger partial charge in [0.1, 0.15) is 5.75 Å². The third-order valence-electron chi connectivity index (χ3n) is 5.73. The molecule has 0 bridgehead atoms. The molecule has 0 aromatic heterocycles. The van der Waals surface area contributed by atoms with Gasteiger partial charge < -0.3 is 9.64 Å². The third-order valence-corrected chi connectivity index (χ3v) is 7.57. The lowest BCUT2D eigenvalue weighted by molar-refractivity contribution is -0.274. The molecule has 10 heteroatoms. The van der Waals surface area contributed by atoms with Gasteiger partial charge in [0.05, 0.1) is 4.90 Å². The molecule has 0 spiro atoms. The Morgan fingerprint density at radius 1 is 0.912 bits per heavy atom. The molecule has 0 atom stereocenters. The number of fused-ring (bicyclic) bond motifs is 1. The van der Waals surface area contributed by atoms with Crippen LogP contribution in [0.25, 0.3) is 0 Å². The molecule has 0 fully saturated rings. The summed E-state index contributed by atoms with van der Waals surface area (Å²) >= 11 is 0. The minimum absolute atomic E-state index is 0.00730. The average Bonchev–Trinajstić information content (AvgIpc) is 2.78. The number of hydrogen-bond acceptors (Lipinski definition) is 4. The monoisotopic (exact) mass is 498 g/mol. The van der Waals surface area contributed by atoms with Crippen molar-refractivity contribution in [3.63, 3.8) is 0 Å². The molecule has 1 aliphatic rings. The fraction of sp³-hybridized carbons (Fsp3) is 0.458. The van der Waals surface area contributed by atoms with Crippen molar-refractivity contribution in [1.82, 2.24) is 4.31 Å². The Hall–Kier alpha value is -2.59. The highest BCUT2D eigenvalue weighted by molar-refractivity contribution is 7.89. The third kappa shape index (κ3) is 6.96. The Bertz CT molecular complexity index is 1090. The molecule has 0 saturated heterocycles. The van der Waals surface area contributed by atoms with Gasteiger partial charge in [-0.05, 0) is 36.6 Å². The molecule has 3 rings (SSSR count). The van der Waals surface area contributed by atoms with Crippen molar-refractivity contribution in [3.05, 3.63) is 54.1 Å². The van der Waals surface area contributed by atoms with Crippen molar-refractivity contribution in [2.75, 3.05) is 18.0 Å². The second-order valence-electron chi connectivity index (χ2n) is 8.28. The number of carbonyl (C=O) groups excluding carboxylic acids is 1. The van der Waals surface area contributed by atoms with Crippen LogP contribution in [0.2, 0.25) is 0 Å². The number of benzene rings is 2. The minimum atomic E-state index is -4.93. The average molecular weight is 499 g/mol. The second kappa shape index (κ2) is 11.2. The molecule has 1 amide bonds. The summed E-state index contributed by atoms with van der Waals surface area (Å²) in [6.45, 7) is 2.22. The van der Waals surface area contributed by atoms with Crippen molar-refractivity contribution in [3.8, 4) is 5.75 Å². The van der Waals surface area contributed by atoms with E-state index in [1.807, 2.05) is 0 Å². The van der Waals surface area contributed by atoms with Gasteiger partial charge in [-0.15, -0.1) is 13.2 Å². The number of carbonyl (C=O) groups is 1. The van der Waals surface area contributed by atoms with Crippen LogP contribution >= 0.6 is 0 Å².